The van der Waals surface area contributed by atoms with E-state index in [9.17, 15) is 4.79 Å². The monoisotopic (exact) mass is 323 g/mol. The number of nitrogens with one attached hydrogen (secondary N) is 2. The molecule has 19 heavy (non-hydrogen) atoms. The lowest BCUT2D eigenvalue weighted by Crippen LogP contribution is -2.26. The molecule has 1 atom stereocenters. The van der Waals surface area contributed by atoms with Crippen molar-refractivity contribution in [1.82, 2.24) is 10.2 Å². The minimum Gasteiger partial charge on any atom is -0.372 e. The smallest absolute Gasteiger partial charge is 0.254 e. The van der Waals surface area contributed by atoms with Crippen LogP contribution in [0.3, 0.4) is 0 Å². The average Bonchev–Trinajstić information content (AvgIpc) is 2.86. The van der Waals surface area contributed by atoms with E-state index in [1.807, 2.05) is 24.3 Å². The number of nitrogens with zero attached hydrogens (tertiary/aromatic N) is 1. The molecule has 0 aliphatic rings. The van der Waals surface area contributed by atoms with Gasteiger partial charge < -0.3 is 10.1 Å². The molecule has 2 rings (SSSR count). The zero-order valence-electron chi connectivity index (χ0n) is 10.6. The molecule has 1 heterocycles. The molecule has 0 radical (unpaired) electrons. The number of aromatic nitrogens is 2. The molecule has 6 heteroatoms. The fourth-order valence-electron chi connectivity index (χ4n) is 1.54. The number of carbonyl (C=O) groups is 1. The molecule has 1 aromatic heterocycles. The third kappa shape index (κ3) is 3.21. The minimum absolute atomic E-state index is 0.229. The number of carbonyl (C=O) groups excluding carboxylic acids is 1. The summed E-state index contributed by atoms with van der Waals surface area (Å²) in [6.07, 6.45) is -0.511. The van der Waals surface area contributed by atoms with E-state index in [1.54, 1.807) is 13.0 Å². The zero-order valence-corrected chi connectivity index (χ0v) is 12.2. The van der Waals surface area contributed by atoms with Gasteiger partial charge in [0.1, 0.15) is 6.10 Å². The van der Waals surface area contributed by atoms with Gasteiger partial charge in [0, 0.05) is 23.2 Å². The van der Waals surface area contributed by atoms with Gasteiger partial charge in [-0.2, -0.15) is 5.10 Å². The molecule has 5 nitrogen and oxygen atoms in total. The summed E-state index contributed by atoms with van der Waals surface area (Å²) in [5.74, 6) is 0.243. The number of benzene rings is 1. The summed E-state index contributed by atoms with van der Waals surface area (Å²) in [6, 6.07) is 9.56. The highest BCUT2D eigenvalue weighted by Crippen LogP contribution is 2.27. The number of halogens is 1. The summed E-state index contributed by atoms with van der Waals surface area (Å²) in [5, 5.41) is 9.63. The molecule has 0 fully saturated rings. The van der Waals surface area contributed by atoms with E-state index in [1.165, 1.54) is 7.11 Å². The van der Waals surface area contributed by atoms with Crippen LogP contribution in [0.5, 0.6) is 0 Å². The first-order valence-electron chi connectivity index (χ1n) is 5.75. The molecule has 2 aromatic rings. The second-order valence-corrected chi connectivity index (χ2v) is 4.87. The van der Waals surface area contributed by atoms with E-state index >= 15 is 0 Å². The first kappa shape index (κ1) is 13.8. The van der Waals surface area contributed by atoms with Crippen LogP contribution >= 0.6 is 15.9 Å². The first-order valence-corrected chi connectivity index (χ1v) is 6.55. The third-order valence-corrected chi connectivity index (χ3v) is 3.41. The van der Waals surface area contributed by atoms with Crippen molar-refractivity contribution in [3.8, 4) is 11.3 Å². The SMILES string of the molecule is CO[C@H](C)C(=O)Nc1cc(-c2ccccc2Br)[nH]n1. The highest BCUT2D eigenvalue weighted by atomic mass is 79.9. The molecule has 0 saturated heterocycles. The van der Waals surface area contributed by atoms with Crippen molar-refractivity contribution < 1.29 is 9.53 Å². The van der Waals surface area contributed by atoms with Crippen LogP contribution in [-0.4, -0.2) is 29.3 Å². The predicted molar refractivity (Wildman–Crippen MR) is 76.8 cm³/mol. The van der Waals surface area contributed by atoms with Crippen molar-refractivity contribution >= 4 is 27.7 Å². The van der Waals surface area contributed by atoms with Crippen molar-refractivity contribution in [1.29, 1.82) is 0 Å². The van der Waals surface area contributed by atoms with Gasteiger partial charge in [0.2, 0.25) is 0 Å². The fourth-order valence-corrected chi connectivity index (χ4v) is 2.04. The lowest BCUT2D eigenvalue weighted by Gasteiger charge is -2.07. The van der Waals surface area contributed by atoms with Crippen LogP contribution in [0.1, 0.15) is 6.92 Å². The Morgan fingerprint density at radius 1 is 1.47 bits per heavy atom. The maximum Gasteiger partial charge on any atom is 0.254 e. The standard InChI is InChI=1S/C13H14BrN3O2/c1-8(19-2)13(18)15-12-7-11(16-17-12)9-5-3-4-6-10(9)14/h3-8H,1-2H3,(H2,15,16,17,18)/t8-/m1/s1. The summed E-state index contributed by atoms with van der Waals surface area (Å²) >= 11 is 3.47. The van der Waals surface area contributed by atoms with Gasteiger partial charge in [0.15, 0.2) is 5.82 Å². The largest absolute Gasteiger partial charge is 0.372 e. The van der Waals surface area contributed by atoms with Crippen LogP contribution in [0.4, 0.5) is 5.82 Å². The Balaban J connectivity index is 2.16. The van der Waals surface area contributed by atoms with Gasteiger partial charge in [-0.05, 0) is 13.0 Å². The Labute approximate surface area is 119 Å². The Kier molecular flexibility index (Phi) is 4.34. The normalized spacial score (nSPS) is 12.2. The van der Waals surface area contributed by atoms with Gasteiger partial charge in [-0.3, -0.25) is 9.89 Å². The number of amides is 1. The Bertz CT molecular complexity index is 583. The average molecular weight is 324 g/mol. The summed E-state index contributed by atoms with van der Waals surface area (Å²) in [5.41, 5.74) is 1.81. The highest BCUT2D eigenvalue weighted by molar-refractivity contribution is 9.10. The van der Waals surface area contributed by atoms with Crippen LogP contribution in [0.15, 0.2) is 34.8 Å². The van der Waals surface area contributed by atoms with Gasteiger partial charge >= 0.3 is 0 Å². The van der Waals surface area contributed by atoms with E-state index < -0.39 is 6.10 Å². The Morgan fingerprint density at radius 2 is 2.21 bits per heavy atom. The molecule has 0 bridgehead atoms. The molecule has 0 saturated carbocycles. The Hall–Kier alpha value is -1.66. The predicted octanol–water partition coefficient (Wildman–Crippen LogP) is 2.81. The number of rotatable bonds is 4. The molecule has 2 N–H and O–H groups in total. The van der Waals surface area contributed by atoms with Gasteiger partial charge in [-0.1, -0.05) is 34.1 Å². The van der Waals surface area contributed by atoms with Gasteiger partial charge in [0.25, 0.3) is 5.91 Å². The topological polar surface area (TPSA) is 67.0 Å². The Morgan fingerprint density at radius 3 is 2.89 bits per heavy atom. The maximum atomic E-state index is 11.7. The summed E-state index contributed by atoms with van der Waals surface area (Å²) in [4.78, 5) is 11.7. The summed E-state index contributed by atoms with van der Waals surface area (Å²) < 4.78 is 5.90. The molecule has 0 unspecified atom stereocenters. The van der Waals surface area contributed by atoms with Crippen LogP contribution in [0, 0.1) is 0 Å². The molecule has 0 aliphatic heterocycles. The number of hydrogen-bond donors (Lipinski definition) is 2. The molecule has 100 valence electrons. The minimum atomic E-state index is -0.511. The van der Waals surface area contributed by atoms with Gasteiger partial charge in [-0.15, -0.1) is 0 Å². The lowest BCUT2D eigenvalue weighted by molar-refractivity contribution is -0.124. The van der Waals surface area contributed by atoms with Crippen molar-refractivity contribution in [3.63, 3.8) is 0 Å². The quantitative estimate of drug-likeness (QED) is 0.909. The van der Waals surface area contributed by atoms with E-state index in [4.69, 9.17) is 4.74 Å². The highest BCUT2D eigenvalue weighted by Gasteiger charge is 2.14. The van der Waals surface area contributed by atoms with E-state index in [0.29, 0.717) is 5.82 Å². The van der Waals surface area contributed by atoms with Crippen LogP contribution in [-0.2, 0) is 9.53 Å². The lowest BCUT2D eigenvalue weighted by atomic mass is 10.1. The van der Waals surface area contributed by atoms with E-state index in [0.717, 1.165) is 15.7 Å². The number of ether oxygens (including phenoxy) is 1. The van der Waals surface area contributed by atoms with Crippen molar-refractivity contribution in [2.45, 2.75) is 13.0 Å². The van der Waals surface area contributed by atoms with Crippen LogP contribution in [0.25, 0.3) is 11.3 Å². The third-order valence-electron chi connectivity index (χ3n) is 2.72. The number of methoxy groups -OCH3 is 1. The number of H-pyrrole nitrogens is 1. The first-order chi connectivity index (χ1) is 9.11. The second-order valence-electron chi connectivity index (χ2n) is 4.01. The molecule has 0 aliphatic carbocycles. The van der Waals surface area contributed by atoms with E-state index in [2.05, 4.69) is 31.4 Å². The molecular weight excluding hydrogens is 310 g/mol. The van der Waals surface area contributed by atoms with Gasteiger partial charge in [0.05, 0.1) is 5.69 Å². The second kappa shape index (κ2) is 5.99. The summed E-state index contributed by atoms with van der Waals surface area (Å²) in [7, 11) is 1.49. The van der Waals surface area contributed by atoms with Crippen molar-refractivity contribution in [2.24, 2.45) is 0 Å². The van der Waals surface area contributed by atoms with Crippen LogP contribution < -0.4 is 5.32 Å². The molecular formula is C13H14BrN3O2. The van der Waals surface area contributed by atoms with Crippen LogP contribution in [0.2, 0.25) is 0 Å². The number of aromatic amines is 1. The van der Waals surface area contributed by atoms with Crippen molar-refractivity contribution in [3.05, 3.63) is 34.8 Å². The number of hydrogen-bond acceptors (Lipinski definition) is 3. The number of anilines is 1. The van der Waals surface area contributed by atoms with Crippen molar-refractivity contribution in [2.75, 3.05) is 12.4 Å². The van der Waals surface area contributed by atoms with E-state index in [-0.39, 0.29) is 5.91 Å². The molecule has 1 amide bonds. The molecule has 0 spiro atoms. The molecule has 1 aromatic carbocycles. The zero-order chi connectivity index (χ0) is 13.8. The fraction of sp³-hybridized carbons (Fsp3) is 0.231. The maximum absolute atomic E-state index is 11.7. The van der Waals surface area contributed by atoms with Gasteiger partial charge in [-0.25, -0.2) is 0 Å². The summed E-state index contributed by atoms with van der Waals surface area (Å²) in [6.45, 7) is 1.68.